The van der Waals surface area contributed by atoms with Crippen LogP contribution in [0.25, 0.3) is 0 Å². The van der Waals surface area contributed by atoms with Crippen LogP contribution in [0.3, 0.4) is 0 Å². The van der Waals surface area contributed by atoms with Gasteiger partial charge in [0.2, 0.25) is 5.89 Å². The van der Waals surface area contributed by atoms with Gasteiger partial charge in [-0.25, -0.2) is 0 Å². The summed E-state index contributed by atoms with van der Waals surface area (Å²) in [7, 11) is 0. The van der Waals surface area contributed by atoms with Crippen molar-refractivity contribution in [3.63, 3.8) is 0 Å². The third-order valence-electron chi connectivity index (χ3n) is 2.98. The van der Waals surface area contributed by atoms with Gasteiger partial charge in [0.15, 0.2) is 5.82 Å². The first-order valence-electron chi connectivity index (χ1n) is 6.03. The van der Waals surface area contributed by atoms with Crippen molar-refractivity contribution in [2.75, 3.05) is 19.6 Å². The van der Waals surface area contributed by atoms with Gasteiger partial charge in [-0.2, -0.15) is 4.98 Å². The normalized spacial score (nSPS) is 20.8. The average molecular weight is 224 g/mol. The largest absolute Gasteiger partial charge is 0.340 e. The molecule has 1 aliphatic rings. The molecule has 5 heteroatoms. The van der Waals surface area contributed by atoms with Crippen molar-refractivity contribution in [2.45, 2.75) is 39.3 Å². The van der Waals surface area contributed by atoms with Gasteiger partial charge in [0.05, 0.1) is 6.54 Å². The highest BCUT2D eigenvalue weighted by Crippen LogP contribution is 2.12. The lowest BCUT2D eigenvalue weighted by atomic mass is 10.2. The van der Waals surface area contributed by atoms with Crippen LogP contribution in [0.15, 0.2) is 4.52 Å². The maximum atomic E-state index is 5.00. The van der Waals surface area contributed by atoms with Gasteiger partial charge in [0.1, 0.15) is 0 Å². The fourth-order valence-corrected chi connectivity index (χ4v) is 2.22. The van der Waals surface area contributed by atoms with E-state index in [9.17, 15) is 0 Å². The first-order valence-corrected chi connectivity index (χ1v) is 6.03. The molecule has 0 aliphatic carbocycles. The van der Waals surface area contributed by atoms with E-state index in [1.807, 2.05) is 6.92 Å². The first-order chi connectivity index (χ1) is 7.79. The molecule has 0 saturated carbocycles. The van der Waals surface area contributed by atoms with Gasteiger partial charge in [-0.05, 0) is 25.9 Å². The van der Waals surface area contributed by atoms with Gasteiger partial charge in [-0.15, -0.1) is 0 Å². The molecule has 1 unspecified atom stereocenters. The molecule has 1 aromatic heterocycles. The van der Waals surface area contributed by atoms with Crippen molar-refractivity contribution >= 4 is 0 Å². The summed E-state index contributed by atoms with van der Waals surface area (Å²) in [4.78, 5) is 6.71. The molecule has 1 aromatic rings. The number of hydrogen-bond donors (Lipinski definition) is 1. The Morgan fingerprint density at radius 1 is 1.56 bits per heavy atom. The Hall–Kier alpha value is -0.940. The minimum Gasteiger partial charge on any atom is -0.340 e. The number of hydrogen-bond acceptors (Lipinski definition) is 5. The Morgan fingerprint density at radius 2 is 2.44 bits per heavy atom. The SMILES string of the molecule is CCCN(Cc1noc(C)n1)C1CCNC1. The van der Waals surface area contributed by atoms with E-state index >= 15 is 0 Å². The zero-order chi connectivity index (χ0) is 11.4. The lowest BCUT2D eigenvalue weighted by molar-refractivity contribution is 0.192. The maximum absolute atomic E-state index is 5.00. The molecule has 1 fully saturated rings. The standard InChI is InChI=1S/C11H20N4O/c1-3-6-15(10-4-5-12-7-10)8-11-13-9(2)16-14-11/h10,12H,3-8H2,1-2H3. The van der Waals surface area contributed by atoms with Crippen LogP contribution < -0.4 is 5.32 Å². The molecule has 1 N–H and O–H groups in total. The second-order valence-corrected chi connectivity index (χ2v) is 4.35. The zero-order valence-corrected chi connectivity index (χ0v) is 10.1. The summed E-state index contributed by atoms with van der Waals surface area (Å²) in [5.74, 6) is 1.45. The van der Waals surface area contributed by atoms with E-state index < -0.39 is 0 Å². The first kappa shape index (κ1) is 11.5. The lowest BCUT2D eigenvalue weighted by Crippen LogP contribution is -2.37. The van der Waals surface area contributed by atoms with Crippen molar-refractivity contribution in [1.29, 1.82) is 0 Å². The Balaban J connectivity index is 1.96. The van der Waals surface area contributed by atoms with Crippen LogP contribution in [0.1, 0.15) is 31.5 Å². The van der Waals surface area contributed by atoms with Crippen LogP contribution in [-0.2, 0) is 6.54 Å². The molecule has 2 heterocycles. The van der Waals surface area contributed by atoms with Crippen LogP contribution >= 0.6 is 0 Å². The Bertz CT molecular complexity index is 320. The van der Waals surface area contributed by atoms with E-state index in [1.165, 1.54) is 6.42 Å². The Labute approximate surface area is 96.2 Å². The van der Waals surface area contributed by atoms with E-state index in [0.29, 0.717) is 11.9 Å². The maximum Gasteiger partial charge on any atom is 0.223 e. The molecule has 1 saturated heterocycles. The van der Waals surface area contributed by atoms with Crippen molar-refractivity contribution in [2.24, 2.45) is 0 Å². The van der Waals surface area contributed by atoms with Crippen LogP contribution in [-0.4, -0.2) is 40.7 Å². The minimum atomic E-state index is 0.624. The Kier molecular flexibility index (Phi) is 3.90. The monoisotopic (exact) mass is 224 g/mol. The quantitative estimate of drug-likeness (QED) is 0.807. The molecule has 0 radical (unpaired) electrons. The summed E-state index contributed by atoms with van der Waals surface area (Å²) in [6.07, 6.45) is 2.38. The fraction of sp³-hybridized carbons (Fsp3) is 0.818. The van der Waals surface area contributed by atoms with Crippen molar-refractivity contribution in [1.82, 2.24) is 20.4 Å². The molecule has 0 bridgehead atoms. The second kappa shape index (κ2) is 5.41. The molecule has 1 aliphatic heterocycles. The summed E-state index contributed by atoms with van der Waals surface area (Å²) >= 11 is 0. The smallest absolute Gasteiger partial charge is 0.223 e. The van der Waals surface area contributed by atoms with Crippen molar-refractivity contribution < 1.29 is 4.52 Å². The Morgan fingerprint density at radius 3 is 3.00 bits per heavy atom. The molecule has 0 amide bonds. The van der Waals surface area contributed by atoms with E-state index in [-0.39, 0.29) is 0 Å². The van der Waals surface area contributed by atoms with Gasteiger partial charge < -0.3 is 9.84 Å². The minimum absolute atomic E-state index is 0.624. The summed E-state index contributed by atoms with van der Waals surface area (Å²) in [6.45, 7) is 8.14. The van der Waals surface area contributed by atoms with E-state index in [4.69, 9.17) is 4.52 Å². The highest BCUT2D eigenvalue weighted by Gasteiger charge is 2.22. The van der Waals surface area contributed by atoms with Gasteiger partial charge in [0, 0.05) is 19.5 Å². The lowest BCUT2D eigenvalue weighted by Gasteiger charge is -2.26. The van der Waals surface area contributed by atoms with E-state index in [1.54, 1.807) is 0 Å². The van der Waals surface area contributed by atoms with Crippen LogP contribution in [0, 0.1) is 6.92 Å². The molecule has 0 aromatic carbocycles. The van der Waals surface area contributed by atoms with Gasteiger partial charge in [-0.1, -0.05) is 12.1 Å². The van der Waals surface area contributed by atoms with Crippen molar-refractivity contribution in [3.05, 3.63) is 11.7 Å². The average Bonchev–Trinajstić information content (AvgIpc) is 2.88. The number of aryl methyl sites for hydroxylation is 1. The summed E-state index contributed by atoms with van der Waals surface area (Å²) in [6, 6.07) is 0.624. The van der Waals surface area contributed by atoms with Gasteiger partial charge in [-0.3, -0.25) is 4.90 Å². The van der Waals surface area contributed by atoms with Crippen LogP contribution in [0.4, 0.5) is 0 Å². The molecule has 2 rings (SSSR count). The highest BCUT2D eigenvalue weighted by atomic mass is 16.5. The number of aromatic nitrogens is 2. The van der Waals surface area contributed by atoms with E-state index in [0.717, 1.165) is 38.4 Å². The van der Waals surface area contributed by atoms with E-state index in [2.05, 4.69) is 27.3 Å². The summed E-state index contributed by atoms with van der Waals surface area (Å²) < 4.78 is 5.00. The number of nitrogens with one attached hydrogen (secondary N) is 1. The molecule has 0 spiro atoms. The molecule has 5 nitrogen and oxygen atoms in total. The predicted octanol–water partition coefficient (Wildman–Crippen LogP) is 0.952. The molecule has 1 atom stereocenters. The molecular formula is C11H20N4O. The molecular weight excluding hydrogens is 204 g/mol. The third-order valence-corrected chi connectivity index (χ3v) is 2.98. The van der Waals surface area contributed by atoms with Crippen LogP contribution in [0.2, 0.25) is 0 Å². The predicted molar refractivity (Wildman–Crippen MR) is 61.0 cm³/mol. The summed E-state index contributed by atoms with van der Waals surface area (Å²) in [5, 5.41) is 7.36. The summed E-state index contributed by atoms with van der Waals surface area (Å²) in [5.41, 5.74) is 0. The number of rotatable bonds is 5. The van der Waals surface area contributed by atoms with Crippen LogP contribution in [0.5, 0.6) is 0 Å². The third kappa shape index (κ3) is 2.80. The fourth-order valence-electron chi connectivity index (χ4n) is 2.22. The molecule has 16 heavy (non-hydrogen) atoms. The van der Waals surface area contributed by atoms with Gasteiger partial charge >= 0.3 is 0 Å². The molecule has 90 valence electrons. The number of nitrogens with zero attached hydrogens (tertiary/aromatic N) is 3. The van der Waals surface area contributed by atoms with Crippen molar-refractivity contribution in [3.8, 4) is 0 Å². The topological polar surface area (TPSA) is 54.2 Å². The second-order valence-electron chi connectivity index (χ2n) is 4.35. The highest BCUT2D eigenvalue weighted by molar-refractivity contribution is 4.88. The zero-order valence-electron chi connectivity index (χ0n) is 10.1. The van der Waals surface area contributed by atoms with Gasteiger partial charge in [0.25, 0.3) is 0 Å².